The Morgan fingerprint density at radius 1 is 1.00 bits per heavy atom. The van der Waals surface area contributed by atoms with Crippen LogP contribution in [0.4, 0.5) is 11.4 Å². The molecule has 1 aliphatic heterocycles. The van der Waals surface area contributed by atoms with E-state index in [4.69, 9.17) is 9.47 Å². The zero-order valence-electron chi connectivity index (χ0n) is 20.2. The number of amides is 2. The van der Waals surface area contributed by atoms with Gasteiger partial charge in [-0.25, -0.2) is 4.79 Å². The van der Waals surface area contributed by atoms with Gasteiger partial charge in [-0.2, -0.15) is 0 Å². The first-order valence-corrected chi connectivity index (χ1v) is 12.0. The largest absolute Gasteiger partial charge is 0.462 e. The van der Waals surface area contributed by atoms with E-state index in [1.807, 2.05) is 25.1 Å². The van der Waals surface area contributed by atoms with Crippen molar-refractivity contribution in [1.82, 2.24) is 0 Å². The molecule has 186 valence electrons. The fourth-order valence-corrected chi connectivity index (χ4v) is 3.88. The molecule has 2 amide bonds. The number of carbonyl (C=O) groups excluding carboxylic acids is 4. The Bertz CT molecular complexity index is 1050. The first kappa shape index (κ1) is 25.9. The van der Waals surface area contributed by atoms with Gasteiger partial charge in [-0.05, 0) is 48.7 Å². The number of nitrogens with one attached hydrogen (secondary N) is 1. The van der Waals surface area contributed by atoms with Gasteiger partial charge in [-0.15, -0.1) is 0 Å². The zero-order chi connectivity index (χ0) is 25.2. The van der Waals surface area contributed by atoms with E-state index in [1.54, 1.807) is 30.3 Å². The molecule has 1 fully saturated rings. The predicted molar refractivity (Wildman–Crippen MR) is 132 cm³/mol. The van der Waals surface area contributed by atoms with Gasteiger partial charge in [-0.1, -0.05) is 44.9 Å². The topological polar surface area (TPSA) is 102 Å². The maximum atomic E-state index is 12.5. The molecule has 1 saturated heterocycles. The third kappa shape index (κ3) is 7.15. The summed E-state index contributed by atoms with van der Waals surface area (Å²) < 4.78 is 10.4. The molecule has 1 heterocycles. The minimum Gasteiger partial charge on any atom is -0.462 e. The molecule has 8 nitrogen and oxygen atoms in total. The Kier molecular flexibility index (Phi) is 9.40. The van der Waals surface area contributed by atoms with Crippen LogP contribution in [0, 0.1) is 5.92 Å². The number of aryl methyl sites for hydroxylation is 1. The minimum absolute atomic E-state index is 0.000339. The normalized spacial score (nSPS) is 15.1. The summed E-state index contributed by atoms with van der Waals surface area (Å²) >= 11 is 0. The quantitative estimate of drug-likeness (QED) is 0.383. The van der Waals surface area contributed by atoms with Crippen molar-refractivity contribution in [3.05, 3.63) is 59.7 Å². The van der Waals surface area contributed by atoms with Crippen LogP contribution in [0.25, 0.3) is 0 Å². The molecule has 0 saturated carbocycles. The first-order chi connectivity index (χ1) is 16.9. The second kappa shape index (κ2) is 12.7. The number of unbranched alkanes of at least 4 members (excludes halogenated alkanes) is 2. The third-order valence-electron chi connectivity index (χ3n) is 5.87. The zero-order valence-corrected chi connectivity index (χ0v) is 20.2. The van der Waals surface area contributed by atoms with Crippen LogP contribution in [0.1, 0.15) is 55.5 Å². The lowest BCUT2D eigenvalue weighted by atomic mass is 10.1. The summed E-state index contributed by atoms with van der Waals surface area (Å²) in [6.07, 6.45) is 3.64. The second-order valence-electron chi connectivity index (χ2n) is 8.46. The van der Waals surface area contributed by atoms with Gasteiger partial charge in [-0.3, -0.25) is 14.4 Å². The summed E-state index contributed by atoms with van der Waals surface area (Å²) in [6.45, 7) is 4.18. The molecule has 8 heteroatoms. The molecule has 0 spiro atoms. The van der Waals surface area contributed by atoms with E-state index in [-0.39, 0.29) is 18.9 Å². The van der Waals surface area contributed by atoms with E-state index in [0.717, 1.165) is 31.2 Å². The van der Waals surface area contributed by atoms with Crippen LogP contribution in [0.15, 0.2) is 48.5 Å². The van der Waals surface area contributed by atoms with E-state index in [2.05, 4.69) is 12.2 Å². The van der Waals surface area contributed by atoms with E-state index in [1.165, 1.54) is 4.90 Å². The maximum Gasteiger partial charge on any atom is 0.338 e. The van der Waals surface area contributed by atoms with E-state index in [9.17, 15) is 19.2 Å². The van der Waals surface area contributed by atoms with Crippen LogP contribution in [-0.4, -0.2) is 43.5 Å². The van der Waals surface area contributed by atoms with Crippen molar-refractivity contribution >= 4 is 35.1 Å². The lowest BCUT2D eigenvalue weighted by Crippen LogP contribution is -2.28. The highest BCUT2D eigenvalue weighted by molar-refractivity contribution is 6.00. The van der Waals surface area contributed by atoms with Crippen LogP contribution in [0.2, 0.25) is 0 Å². The molecule has 3 rings (SSSR count). The first-order valence-electron chi connectivity index (χ1n) is 12.0. The molecule has 0 bridgehead atoms. The highest BCUT2D eigenvalue weighted by Gasteiger charge is 2.36. The smallest absolute Gasteiger partial charge is 0.338 e. The van der Waals surface area contributed by atoms with Crippen molar-refractivity contribution in [2.24, 2.45) is 5.92 Å². The number of anilines is 2. The van der Waals surface area contributed by atoms with Gasteiger partial charge in [0.15, 0.2) is 6.61 Å². The molecule has 35 heavy (non-hydrogen) atoms. The third-order valence-corrected chi connectivity index (χ3v) is 5.87. The molecule has 0 aliphatic carbocycles. The number of hydrogen-bond donors (Lipinski definition) is 1. The summed E-state index contributed by atoms with van der Waals surface area (Å²) in [5.74, 6) is -2.31. The van der Waals surface area contributed by atoms with Gasteiger partial charge in [0.25, 0.3) is 5.91 Å². The number of para-hydroxylation sites is 1. The fourth-order valence-electron chi connectivity index (χ4n) is 3.88. The standard InChI is InChI=1S/C27H32N2O6/c1-3-5-8-15-34-26(32)20-11-13-22(14-12-20)29-17-21(16-25(29)31)27(33)35-18-24(30)28-23-10-7-6-9-19(23)4-2/h6-7,9-14,21H,3-5,8,15-18H2,1-2H3,(H,28,30)/t21-/m1/s1. The number of esters is 2. The van der Waals surface area contributed by atoms with Crippen LogP contribution in [-0.2, 0) is 30.3 Å². The number of benzene rings is 2. The minimum atomic E-state index is -0.665. The monoisotopic (exact) mass is 480 g/mol. The lowest BCUT2D eigenvalue weighted by molar-refractivity contribution is -0.151. The van der Waals surface area contributed by atoms with Gasteiger partial charge in [0.2, 0.25) is 5.91 Å². The Hall–Kier alpha value is -3.68. The highest BCUT2D eigenvalue weighted by Crippen LogP contribution is 2.26. The summed E-state index contributed by atoms with van der Waals surface area (Å²) in [5.41, 5.74) is 2.66. The number of hydrogen-bond acceptors (Lipinski definition) is 6. The van der Waals surface area contributed by atoms with Gasteiger partial charge < -0.3 is 19.7 Å². The number of nitrogens with zero attached hydrogens (tertiary/aromatic N) is 1. The summed E-state index contributed by atoms with van der Waals surface area (Å²) in [7, 11) is 0. The number of carbonyl (C=O) groups is 4. The van der Waals surface area contributed by atoms with Gasteiger partial charge >= 0.3 is 11.9 Å². The molecular weight excluding hydrogens is 448 g/mol. The van der Waals surface area contributed by atoms with E-state index in [0.29, 0.717) is 23.5 Å². The van der Waals surface area contributed by atoms with Crippen molar-refractivity contribution in [3.63, 3.8) is 0 Å². The van der Waals surface area contributed by atoms with Crippen molar-refractivity contribution in [2.75, 3.05) is 30.0 Å². The molecule has 0 aromatic heterocycles. The van der Waals surface area contributed by atoms with Gasteiger partial charge in [0.1, 0.15) is 0 Å². The molecule has 1 atom stereocenters. The van der Waals surface area contributed by atoms with Crippen LogP contribution in [0.5, 0.6) is 0 Å². The SMILES string of the molecule is CCCCCOC(=O)c1ccc(N2C[C@H](C(=O)OCC(=O)Nc3ccccc3CC)CC2=O)cc1. The van der Waals surface area contributed by atoms with Crippen molar-refractivity contribution < 1.29 is 28.7 Å². The van der Waals surface area contributed by atoms with Crippen LogP contribution in [0.3, 0.4) is 0 Å². The number of ether oxygens (including phenoxy) is 2. The van der Waals surface area contributed by atoms with E-state index >= 15 is 0 Å². The van der Waals surface area contributed by atoms with Gasteiger partial charge in [0.05, 0.1) is 18.1 Å². The van der Waals surface area contributed by atoms with Crippen molar-refractivity contribution in [3.8, 4) is 0 Å². The summed E-state index contributed by atoms with van der Waals surface area (Å²) in [5, 5.41) is 2.75. The summed E-state index contributed by atoms with van der Waals surface area (Å²) in [6, 6.07) is 14.0. The average Bonchev–Trinajstić information content (AvgIpc) is 3.27. The van der Waals surface area contributed by atoms with E-state index < -0.39 is 30.4 Å². The Labute approximate surface area is 205 Å². The van der Waals surface area contributed by atoms with Crippen molar-refractivity contribution in [2.45, 2.75) is 46.0 Å². The molecule has 2 aromatic rings. The van der Waals surface area contributed by atoms with Crippen LogP contribution < -0.4 is 10.2 Å². The fraction of sp³-hybridized carbons (Fsp3) is 0.407. The van der Waals surface area contributed by atoms with Crippen LogP contribution >= 0.6 is 0 Å². The van der Waals surface area contributed by atoms with Gasteiger partial charge in [0, 0.05) is 24.3 Å². The molecular formula is C27H32N2O6. The van der Waals surface area contributed by atoms with Crippen molar-refractivity contribution in [1.29, 1.82) is 0 Å². The molecule has 0 radical (unpaired) electrons. The molecule has 1 N–H and O–H groups in total. The average molecular weight is 481 g/mol. The molecule has 1 aliphatic rings. The second-order valence-corrected chi connectivity index (χ2v) is 8.46. The molecule has 2 aromatic carbocycles. The Balaban J connectivity index is 1.49. The lowest BCUT2D eigenvalue weighted by Gasteiger charge is -2.17. The number of rotatable bonds is 11. The maximum absolute atomic E-state index is 12.5. The highest BCUT2D eigenvalue weighted by atomic mass is 16.5. The Morgan fingerprint density at radius 2 is 1.74 bits per heavy atom. The summed E-state index contributed by atoms with van der Waals surface area (Å²) in [4.78, 5) is 50.8. The molecule has 0 unspecified atom stereocenters. The predicted octanol–water partition coefficient (Wildman–Crippen LogP) is 4.13. The Morgan fingerprint density at radius 3 is 2.46 bits per heavy atom.